The van der Waals surface area contributed by atoms with Crippen LogP contribution in [0.3, 0.4) is 0 Å². The van der Waals surface area contributed by atoms with E-state index in [0.717, 1.165) is 51.4 Å². The molecule has 0 fully saturated rings. The molecular weight excluding hydrogens is 399 g/mol. The molecule has 28 heavy (non-hydrogen) atoms. The van der Waals surface area contributed by atoms with Crippen molar-refractivity contribution >= 4 is 10.1 Å². The average Bonchev–Trinajstić information content (AvgIpc) is 2.61. The summed E-state index contributed by atoms with van der Waals surface area (Å²) in [5.41, 5.74) is 0. The van der Waals surface area contributed by atoms with Crippen LogP contribution in [0.25, 0.3) is 0 Å². The summed E-state index contributed by atoms with van der Waals surface area (Å²) in [6, 6.07) is 0. The molecule has 1 N–H and O–H groups in total. The molecule has 0 aliphatic carbocycles. The average molecular weight is 445 g/mol. The molecule has 0 aliphatic heterocycles. The Morgan fingerprint density at radius 1 is 0.643 bits per heavy atom. The van der Waals surface area contributed by atoms with Crippen LogP contribution in [0.15, 0.2) is 0 Å². The minimum Gasteiger partial charge on any atom is -0.748 e. The molecule has 6 heteroatoms. The Labute approximate surface area is 218 Å². The zero-order valence-electron chi connectivity index (χ0n) is 19.0. The topological polar surface area (TPSA) is 77.4 Å². The van der Waals surface area contributed by atoms with Crippen LogP contribution in [0.2, 0.25) is 0 Å². The Balaban J connectivity index is 0. The molecule has 0 aliphatic rings. The Hall–Kier alpha value is 1.51. The van der Waals surface area contributed by atoms with E-state index in [9.17, 15) is 18.1 Å². The van der Waals surface area contributed by atoms with Gasteiger partial charge in [-0.05, 0) is 25.7 Å². The van der Waals surface area contributed by atoms with Crippen molar-refractivity contribution in [1.29, 1.82) is 0 Å². The molecule has 0 saturated heterocycles. The van der Waals surface area contributed by atoms with Crippen molar-refractivity contribution in [3.63, 3.8) is 0 Å². The standard InChI is InChI=1S/C22H46O4S.K/c1-3-5-7-8-9-10-11-12-14-17-21(23)18-15-13-16-20-22(19-6-4-2)27(24,25)26;/h21-23H,3-20H2,1-2H3,(H,24,25,26);/q;+1/p-1. The van der Waals surface area contributed by atoms with E-state index in [0.29, 0.717) is 12.8 Å². The normalized spacial score (nSPS) is 13.9. The van der Waals surface area contributed by atoms with Gasteiger partial charge < -0.3 is 9.66 Å². The first-order valence-corrected chi connectivity index (χ1v) is 13.0. The first kappa shape index (κ1) is 31.7. The molecule has 0 radical (unpaired) electrons. The predicted octanol–water partition coefficient (Wildman–Crippen LogP) is 3.33. The van der Waals surface area contributed by atoms with Crippen LogP contribution in [0, 0.1) is 0 Å². The SMILES string of the molecule is CCCCCCCCCCCC(O)CCCCCC(CCCC)S(=O)(=O)[O-].[K+]. The van der Waals surface area contributed by atoms with Gasteiger partial charge in [0.05, 0.1) is 16.2 Å². The van der Waals surface area contributed by atoms with Crippen molar-refractivity contribution in [2.75, 3.05) is 0 Å². The second-order valence-electron chi connectivity index (χ2n) is 8.17. The Morgan fingerprint density at radius 3 is 1.46 bits per heavy atom. The maximum Gasteiger partial charge on any atom is 1.00 e. The monoisotopic (exact) mass is 444 g/mol. The third-order valence-corrected chi connectivity index (χ3v) is 6.78. The van der Waals surface area contributed by atoms with Gasteiger partial charge in [-0.3, -0.25) is 0 Å². The molecule has 0 heterocycles. The van der Waals surface area contributed by atoms with Gasteiger partial charge in [-0.1, -0.05) is 104 Å². The van der Waals surface area contributed by atoms with Crippen molar-refractivity contribution in [2.24, 2.45) is 0 Å². The fourth-order valence-corrected chi connectivity index (χ4v) is 4.54. The summed E-state index contributed by atoms with van der Waals surface area (Å²) in [6.07, 6.45) is 18.3. The summed E-state index contributed by atoms with van der Waals surface area (Å²) in [7, 11) is -4.17. The fourth-order valence-electron chi connectivity index (χ4n) is 3.63. The third-order valence-electron chi connectivity index (χ3n) is 5.49. The first-order chi connectivity index (χ1) is 12.9. The minimum absolute atomic E-state index is 0. The maximum atomic E-state index is 11.3. The summed E-state index contributed by atoms with van der Waals surface area (Å²) >= 11 is 0. The Bertz CT molecular complexity index is 415. The third kappa shape index (κ3) is 20.8. The molecule has 0 spiro atoms. The van der Waals surface area contributed by atoms with E-state index >= 15 is 0 Å². The van der Waals surface area contributed by atoms with E-state index in [4.69, 9.17) is 0 Å². The molecule has 0 amide bonds. The summed E-state index contributed by atoms with van der Waals surface area (Å²) in [6.45, 7) is 4.25. The van der Waals surface area contributed by atoms with Crippen molar-refractivity contribution in [1.82, 2.24) is 0 Å². The predicted molar refractivity (Wildman–Crippen MR) is 114 cm³/mol. The summed E-state index contributed by atoms with van der Waals surface area (Å²) in [4.78, 5) is 0. The largest absolute Gasteiger partial charge is 1.00 e. The van der Waals surface area contributed by atoms with Crippen LogP contribution < -0.4 is 51.4 Å². The van der Waals surface area contributed by atoms with E-state index in [1.165, 1.54) is 51.4 Å². The van der Waals surface area contributed by atoms with Crippen LogP contribution in [0.4, 0.5) is 0 Å². The first-order valence-electron chi connectivity index (χ1n) is 11.5. The minimum atomic E-state index is -4.17. The molecular formula is C22H45KO4S. The summed E-state index contributed by atoms with van der Waals surface area (Å²) in [5.74, 6) is 0. The zero-order chi connectivity index (χ0) is 20.4. The molecule has 0 aromatic rings. The second-order valence-corrected chi connectivity index (χ2v) is 9.82. The number of hydrogen-bond acceptors (Lipinski definition) is 4. The fraction of sp³-hybridized carbons (Fsp3) is 1.00. The molecule has 4 nitrogen and oxygen atoms in total. The van der Waals surface area contributed by atoms with Gasteiger partial charge in [0, 0.05) is 5.25 Å². The van der Waals surface area contributed by atoms with Crippen LogP contribution >= 0.6 is 0 Å². The van der Waals surface area contributed by atoms with E-state index in [2.05, 4.69) is 6.92 Å². The van der Waals surface area contributed by atoms with Gasteiger partial charge in [0.2, 0.25) is 0 Å². The summed E-state index contributed by atoms with van der Waals surface area (Å²) in [5, 5.41) is 9.34. The molecule has 0 aromatic heterocycles. The van der Waals surface area contributed by atoms with E-state index in [1.807, 2.05) is 6.92 Å². The number of hydrogen-bond donors (Lipinski definition) is 1. The van der Waals surface area contributed by atoms with Gasteiger partial charge in [0.1, 0.15) is 0 Å². The zero-order valence-corrected chi connectivity index (χ0v) is 22.9. The molecule has 0 aromatic carbocycles. The van der Waals surface area contributed by atoms with Crippen LogP contribution in [0.5, 0.6) is 0 Å². The van der Waals surface area contributed by atoms with Gasteiger partial charge in [-0.2, -0.15) is 0 Å². The van der Waals surface area contributed by atoms with E-state index in [1.54, 1.807) is 0 Å². The van der Waals surface area contributed by atoms with E-state index < -0.39 is 15.4 Å². The van der Waals surface area contributed by atoms with Crippen LogP contribution in [-0.4, -0.2) is 29.4 Å². The molecule has 164 valence electrons. The van der Waals surface area contributed by atoms with Gasteiger partial charge in [-0.25, -0.2) is 8.42 Å². The quantitative estimate of drug-likeness (QED) is 0.177. The smallest absolute Gasteiger partial charge is 0.748 e. The van der Waals surface area contributed by atoms with Gasteiger partial charge in [0.15, 0.2) is 0 Å². The molecule has 0 saturated carbocycles. The number of aliphatic hydroxyl groups excluding tert-OH is 1. The van der Waals surface area contributed by atoms with Crippen molar-refractivity contribution in [3.8, 4) is 0 Å². The van der Waals surface area contributed by atoms with Gasteiger partial charge >= 0.3 is 51.4 Å². The summed E-state index contributed by atoms with van der Waals surface area (Å²) < 4.78 is 33.8. The Kier molecular flexibility index (Phi) is 24.6. The van der Waals surface area contributed by atoms with Crippen LogP contribution in [0.1, 0.15) is 129 Å². The van der Waals surface area contributed by atoms with Crippen LogP contribution in [-0.2, 0) is 10.1 Å². The molecule has 0 bridgehead atoms. The van der Waals surface area contributed by atoms with Crippen molar-refractivity contribution in [2.45, 2.75) is 141 Å². The molecule has 2 unspecified atom stereocenters. The van der Waals surface area contributed by atoms with E-state index in [-0.39, 0.29) is 57.5 Å². The van der Waals surface area contributed by atoms with Crippen molar-refractivity contribution in [3.05, 3.63) is 0 Å². The number of unbranched alkanes of at least 4 members (excludes halogenated alkanes) is 11. The van der Waals surface area contributed by atoms with Crippen molar-refractivity contribution < 1.29 is 69.5 Å². The Morgan fingerprint density at radius 2 is 1.00 bits per heavy atom. The number of aliphatic hydroxyl groups is 1. The molecule has 2 atom stereocenters. The molecule has 0 rings (SSSR count). The van der Waals surface area contributed by atoms with Gasteiger partial charge in [0.25, 0.3) is 0 Å². The number of rotatable bonds is 20. The van der Waals surface area contributed by atoms with Gasteiger partial charge in [-0.15, -0.1) is 0 Å². The second kappa shape index (κ2) is 21.7. The maximum absolute atomic E-state index is 11.3.